The van der Waals surface area contributed by atoms with E-state index in [-0.39, 0.29) is 28.9 Å². The molecule has 0 aromatic rings. The van der Waals surface area contributed by atoms with Crippen LogP contribution in [-0.4, -0.2) is 47.7 Å². The molecule has 0 bridgehead atoms. The largest absolute Gasteiger partial charge is 0.481 e. The summed E-state index contributed by atoms with van der Waals surface area (Å²) < 4.78 is 5.87. The van der Waals surface area contributed by atoms with Crippen LogP contribution < -0.4 is 5.32 Å². The minimum Gasteiger partial charge on any atom is -0.481 e. The number of carboxylic acid groups (broad SMARTS) is 1. The lowest BCUT2D eigenvalue weighted by atomic mass is 9.78. The van der Waals surface area contributed by atoms with Crippen LogP contribution in [0, 0.1) is 11.3 Å². The molecule has 0 spiro atoms. The minimum atomic E-state index is -0.892. The lowest BCUT2D eigenvalue weighted by Crippen LogP contribution is -2.45. The highest BCUT2D eigenvalue weighted by Gasteiger charge is 2.35. The van der Waals surface area contributed by atoms with Gasteiger partial charge in [0.2, 0.25) is 5.91 Å². The predicted molar refractivity (Wildman–Crippen MR) is 79.9 cm³/mol. The molecule has 1 aliphatic rings. The van der Waals surface area contributed by atoms with Gasteiger partial charge in [-0.3, -0.25) is 9.59 Å². The average Bonchev–Trinajstić information content (AvgIpc) is 2.35. The Morgan fingerprint density at radius 1 is 1.35 bits per heavy atom. The molecular weight excluding hydrogens is 278 g/mol. The SMILES string of the molecule is CC(C)(C)C1OCCCC1CNC(=O)CSCC(=O)O. The third-order valence-electron chi connectivity index (χ3n) is 3.32. The molecule has 2 N–H and O–H groups in total. The molecule has 20 heavy (non-hydrogen) atoms. The number of aliphatic carboxylic acids is 1. The van der Waals surface area contributed by atoms with Crippen LogP contribution in [0.25, 0.3) is 0 Å². The van der Waals surface area contributed by atoms with Crippen LogP contribution in [0.5, 0.6) is 0 Å². The van der Waals surface area contributed by atoms with Crippen LogP contribution in [0.1, 0.15) is 33.6 Å². The fourth-order valence-electron chi connectivity index (χ4n) is 2.54. The average molecular weight is 303 g/mol. The summed E-state index contributed by atoms with van der Waals surface area (Å²) in [5, 5.41) is 11.4. The highest BCUT2D eigenvalue weighted by molar-refractivity contribution is 8.00. The Labute approximate surface area is 124 Å². The highest BCUT2D eigenvalue weighted by Crippen LogP contribution is 2.33. The smallest absolute Gasteiger partial charge is 0.313 e. The molecule has 6 heteroatoms. The van der Waals surface area contributed by atoms with Crippen molar-refractivity contribution in [2.24, 2.45) is 11.3 Å². The zero-order chi connectivity index (χ0) is 15.2. The Bertz CT molecular complexity index is 341. The van der Waals surface area contributed by atoms with Crippen molar-refractivity contribution >= 4 is 23.6 Å². The first-order valence-corrected chi connectivity index (χ1v) is 8.14. The fraction of sp³-hybridized carbons (Fsp3) is 0.857. The molecule has 2 atom stereocenters. The lowest BCUT2D eigenvalue weighted by Gasteiger charge is -2.40. The van der Waals surface area contributed by atoms with Crippen molar-refractivity contribution in [2.75, 3.05) is 24.7 Å². The lowest BCUT2D eigenvalue weighted by molar-refractivity contribution is -0.133. The van der Waals surface area contributed by atoms with Crippen molar-refractivity contribution < 1.29 is 19.4 Å². The minimum absolute atomic E-state index is 0.0371. The number of hydrogen-bond acceptors (Lipinski definition) is 4. The molecule has 1 heterocycles. The van der Waals surface area contributed by atoms with Crippen LogP contribution in [0.3, 0.4) is 0 Å². The summed E-state index contributed by atoms with van der Waals surface area (Å²) in [6.07, 6.45) is 2.24. The zero-order valence-electron chi connectivity index (χ0n) is 12.5. The van der Waals surface area contributed by atoms with E-state index in [0.717, 1.165) is 31.2 Å². The third-order valence-corrected chi connectivity index (χ3v) is 4.24. The Morgan fingerprint density at radius 3 is 2.65 bits per heavy atom. The Hall–Kier alpha value is -0.750. The third kappa shape index (κ3) is 6.13. The number of thioether (sulfide) groups is 1. The molecule has 0 radical (unpaired) electrons. The first-order valence-electron chi connectivity index (χ1n) is 6.98. The molecule has 116 valence electrons. The summed E-state index contributed by atoms with van der Waals surface area (Å²) in [7, 11) is 0. The van der Waals surface area contributed by atoms with E-state index in [0.29, 0.717) is 12.5 Å². The van der Waals surface area contributed by atoms with E-state index in [4.69, 9.17) is 9.84 Å². The maximum absolute atomic E-state index is 11.7. The number of nitrogens with one attached hydrogen (secondary N) is 1. The molecule has 2 unspecified atom stereocenters. The van der Waals surface area contributed by atoms with Gasteiger partial charge in [0.1, 0.15) is 0 Å². The van der Waals surface area contributed by atoms with Gasteiger partial charge < -0.3 is 15.2 Å². The maximum atomic E-state index is 11.7. The normalized spacial score (nSPS) is 23.4. The van der Waals surface area contributed by atoms with Crippen LogP contribution in [0.2, 0.25) is 0 Å². The van der Waals surface area contributed by atoms with Gasteiger partial charge >= 0.3 is 5.97 Å². The second-order valence-electron chi connectivity index (χ2n) is 6.25. The van der Waals surface area contributed by atoms with Crippen LogP contribution in [0.15, 0.2) is 0 Å². The van der Waals surface area contributed by atoms with E-state index in [1.54, 1.807) is 0 Å². The van der Waals surface area contributed by atoms with Crippen LogP contribution >= 0.6 is 11.8 Å². The zero-order valence-corrected chi connectivity index (χ0v) is 13.3. The number of carboxylic acids is 1. The Kier molecular flexibility index (Phi) is 6.82. The molecule has 1 rings (SSSR count). The maximum Gasteiger partial charge on any atom is 0.313 e. The number of carbonyl (C=O) groups excluding carboxylic acids is 1. The number of hydrogen-bond donors (Lipinski definition) is 2. The van der Waals surface area contributed by atoms with Crippen LogP contribution in [-0.2, 0) is 14.3 Å². The summed E-state index contributed by atoms with van der Waals surface area (Å²) in [5.41, 5.74) is 0.0634. The Morgan fingerprint density at radius 2 is 2.05 bits per heavy atom. The van der Waals surface area contributed by atoms with E-state index >= 15 is 0 Å². The van der Waals surface area contributed by atoms with Crippen molar-refractivity contribution in [3.63, 3.8) is 0 Å². The first-order chi connectivity index (χ1) is 9.30. The quantitative estimate of drug-likeness (QED) is 0.782. The fourth-order valence-corrected chi connectivity index (χ4v) is 3.10. The van der Waals surface area contributed by atoms with Crippen molar-refractivity contribution in [1.82, 2.24) is 5.32 Å². The number of ether oxygens (including phenoxy) is 1. The van der Waals surface area contributed by atoms with Gasteiger partial charge in [0.05, 0.1) is 17.6 Å². The highest BCUT2D eigenvalue weighted by atomic mass is 32.2. The van der Waals surface area contributed by atoms with Crippen molar-refractivity contribution in [1.29, 1.82) is 0 Å². The second kappa shape index (κ2) is 7.88. The topological polar surface area (TPSA) is 75.6 Å². The molecule has 1 amide bonds. The summed E-state index contributed by atoms with van der Waals surface area (Å²) in [5.74, 6) is -0.507. The monoisotopic (exact) mass is 303 g/mol. The van der Waals surface area contributed by atoms with E-state index in [9.17, 15) is 9.59 Å². The van der Waals surface area contributed by atoms with Gasteiger partial charge in [-0.1, -0.05) is 20.8 Å². The molecule has 0 aromatic carbocycles. The van der Waals surface area contributed by atoms with Gasteiger partial charge in [0, 0.05) is 19.1 Å². The van der Waals surface area contributed by atoms with Gasteiger partial charge in [-0.05, 0) is 18.3 Å². The summed E-state index contributed by atoms with van der Waals surface area (Å²) >= 11 is 1.12. The summed E-state index contributed by atoms with van der Waals surface area (Å²) in [4.78, 5) is 22.0. The van der Waals surface area contributed by atoms with Gasteiger partial charge in [-0.25, -0.2) is 0 Å². The number of carbonyl (C=O) groups is 2. The first kappa shape index (κ1) is 17.3. The van der Waals surface area contributed by atoms with Gasteiger partial charge in [0.15, 0.2) is 0 Å². The predicted octanol–water partition coefficient (Wildman–Crippen LogP) is 1.76. The second-order valence-corrected chi connectivity index (χ2v) is 7.24. The number of rotatable bonds is 6. The van der Waals surface area contributed by atoms with E-state index < -0.39 is 5.97 Å². The Balaban J connectivity index is 2.34. The summed E-state index contributed by atoms with van der Waals surface area (Å²) in [6.45, 7) is 7.86. The molecule has 1 aliphatic heterocycles. The molecule has 0 aromatic heterocycles. The number of amides is 1. The van der Waals surface area contributed by atoms with Gasteiger partial charge in [0.25, 0.3) is 0 Å². The van der Waals surface area contributed by atoms with Crippen molar-refractivity contribution in [3.05, 3.63) is 0 Å². The van der Waals surface area contributed by atoms with Gasteiger partial charge in [-0.15, -0.1) is 11.8 Å². The summed E-state index contributed by atoms with van der Waals surface area (Å²) in [6, 6.07) is 0. The van der Waals surface area contributed by atoms with E-state index in [1.165, 1.54) is 0 Å². The molecule has 5 nitrogen and oxygen atoms in total. The molecule has 0 aliphatic carbocycles. The molecule has 0 saturated carbocycles. The van der Waals surface area contributed by atoms with Gasteiger partial charge in [-0.2, -0.15) is 0 Å². The van der Waals surface area contributed by atoms with E-state index in [1.807, 2.05) is 0 Å². The van der Waals surface area contributed by atoms with Crippen molar-refractivity contribution in [2.45, 2.75) is 39.7 Å². The van der Waals surface area contributed by atoms with Crippen molar-refractivity contribution in [3.8, 4) is 0 Å². The standard InChI is InChI=1S/C14H25NO4S/c1-14(2,3)13-10(5-4-6-19-13)7-15-11(16)8-20-9-12(17)18/h10,13H,4-9H2,1-3H3,(H,15,16)(H,17,18). The molecule has 1 saturated heterocycles. The van der Waals surface area contributed by atoms with E-state index in [2.05, 4.69) is 26.1 Å². The molecule has 1 fully saturated rings. The molecular formula is C14H25NO4S. The van der Waals surface area contributed by atoms with Crippen LogP contribution in [0.4, 0.5) is 0 Å².